The summed E-state index contributed by atoms with van der Waals surface area (Å²) in [6.07, 6.45) is 0.140. The third-order valence-corrected chi connectivity index (χ3v) is 8.67. The maximum atomic E-state index is 13.2. The highest BCUT2D eigenvalue weighted by Gasteiger charge is 2.57. The highest BCUT2D eigenvalue weighted by Crippen LogP contribution is 2.53. The Kier molecular flexibility index (Phi) is 6.57. The summed E-state index contributed by atoms with van der Waals surface area (Å²) in [6, 6.07) is 5.52. The predicted octanol–water partition coefficient (Wildman–Crippen LogP) is 1.37. The minimum absolute atomic E-state index is 0.00328. The van der Waals surface area contributed by atoms with Crippen molar-refractivity contribution < 1.29 is 30.4 Å². The second kappa shape index (κ2) is 8.57. The van der Waals surface area contributed by atoms with Crippen LogP contribution in [-0.2, 0) is 24.8 Å². The van der Waals surface area contributed by atoms with Gasteiger partial charge in [-0.3, -0.25) is 4.79 Å². The van der Waals surface area contributed by atoms with Crippen molar-refractivity contribution in [1.82, 2.24) is 9.03 Å². The van der Waals surface area contributed by atoms with Crippen LogP contribution in [0, 0.1) is 11.8 Å². The van der Waals surface area contributed by atoms with Gasteiger partial charge >= 0.3 is 0 Å². The quantitative estimate of drug-likeness (QED) is 0.526. The van der Waals surface area contributed by atoms with Gasteiger partial charge in [-0.15, -0.1) is 0 Å². The molecule has 1 aliphatic heterocycles. The number of sulfonamides is 2. The van der Waals surface area contributed by atoms with Crippen LogP contribution in [0.5, 0.6) is 0 Å². The lowest BCUT2D eigenvalue weighted by molar-refractivity contribution is -0.119. The molecule has 0 spiro atoms. The van der Waals surface area contributed by atoms with Crippen LogP contribution >= 0.6 is 0 Å². The molecule has 1 heterocycles. The molecule has 3 atom stereocenters. The average Bonchev–Trinajstić information content (AvgIpc) is 3.08. The smallest absolute Gasteiger partial charge is 0.251 e. The van der Waals surface area contributed by atoms with Crippen molar-refractivity contribution in [1.29, 1.82) is 0 Å². The molecule has 1 aromatic rings. The van der Waals surface area contributed by atoms with E-state index >= 15 is 0 Å². The van der Waals surface area contributed by atoms with E-state index < -0.39 is 43.7 Å². The molecule has 1 saturated heterocycles. The molecule has 2 fully saturated rings. The number of rotatable bonds is 10. The standard InChI is InChI=1S/C19H25F2N3O5S2/c1-2-30(26,27)23-11-13-7-8-24(12-13)31(28,29)16-5-3-14(4-6-16)17(18(22)25)9-15-10-19(15,20)21/h2-6,13,15,17,23H,1,7-12H2,(H2,22,25)/t13-,15?,17?/m1/s1. The van der Waals surface area contributed by atoms with Crippen LogP contribution < -0.4 is 10.5 Å². The van der Waals surface area contributed by atoms with Crippen LogP contribution in [0.2, 0.25) is 0 Å². The second-order valence-corrected chi connectivity index (χ2v) is 11.6. The van der Waals surface area contributed by atoms with E-state index in [9.17, 15) is 30.4 Å². The zero-order valence-corrected chi connectivity index (χ0v) is 18.3. The number of nitrogens with zero attached hydrogens (tertiary/aromatic N) is 1. The van der Waals surface area contributed by atoms with Gasteiger partial charge in [0.05, 0.1) is 10.8 Å². The van der Waals surface area contributed by atoms with Crippen LogP contribution in [0.15, 0.2) is 41.1 Å². The normalized spacial score (nSPS) is 24.6. The Labute approximate surface area is 180 Å². The molecule has 0 bridgehead atoms. The van der Waals surface area contributed by atoms with E-state index in [0.29, 0.717) is 12.0 Å². The van der Waals surface area contributed by atoms with E-state index in [1.54, 1.807) is 0 Å². The molecule has 0 radical (unpaired) electrons. The Hall–Kier alpha value is -1.89. The van der Waals surface area contributed by atoms with Crippen LogP contribution in [0.3, 0.4) is 0 Å². The molecular formula is C19H25F2N3O5S2. The summed E-state index contributed by atoms with van der Waals surface area (Å²) in [4.78, 5) is 11.8. The molecule has 1 aliphatic carbocycles. The first kappa shape index (κ1) is 23.8. The fraction of sp³-hybridized carbons (Fsp3) is 0.526. The maximum Gasteiger partial charge on any atom is 0.251 e. The summed E-state index contributed by atoms with van der Waals surface area (Å²) in [6.45, 7) is 3.71. The first-order valence-corrected chi connectivity index (χ1v) is 12.7. The molecule has 31 heavy (non-hydrogen) atoms. The Bertz CT molecular complexity index is 1060. The minimum Gasteiger partial charge on any atom is -0.369 e. The fourth-order valence-electron chi connectivity index (χ4n) is 3.72. The number of hydrogen-bond acceptors (Lipinski definition) is 5. The zero-order chi connectivity index (χ0) is 23.0. The van der Waals surface area contributed by atoms with Gasteiger partial charge in [0.1, 0.15) is 0 Å². The Morgan fingerprint density at radius 3 is 2.42 bits per heavy atom. The van der Waals surface area contributed by atoms with Gasteiger partial charge in [-0.2, -0.15) is 4.31 Å². The Morgan fingerprint density at radius 2 is 1.90 bits per heavy atom. The van der Waals surface area contributed by atoms with Gasteiger partial charge in [0, 0.05) is 37.4 Å². The van der Waals surface area contributed by atoms with Crippen molar-refractivity contribution in [3.63, 3.8) is 0 Å². The van der Waals surface area contributed by atoms with E-state index in [1.807, 2.05) is 0 Å². The van der Waals surface area contributed by atoms with Crippen LogP contribution in [0.1, 0.15) is 30.7 Å². The van der Waals surface area contributed by atoms with Crippen molar-refractivity contribution in [2.75, 3.05) is 19.6 Å². The third-order valence-electron chi connectivity index (χ3n) is 5.78. The summed E-state index contributed by atoms with van der Waals surface area (Å²) >= 11 is 0. The molecule has 3 rings (SSSR count). The lowest BCUT2D eigenvalue weighted by Gasteiger charge is -2.18. The molecule has 172 valence electrons. The van der Waals surface area contributed by atoms with Gasteiger partial charge in [-0.05, 0) is 36.5 Å². The van der Waals surface area contributed by atoms with E-state index in [-0.39, 0.29) is 43.3 Å². The molecule has 2 aliphatic rings. The topological polar surface area (TPSA) is 127 Å². The number of benzene rings is 1. The summed E-state index contributed by atoms with van der Waals surface area (Å²) < 4.78 is 78.8. The van der Waals surface area contributed by atoms with Gasteiger partial charge in [-0.1, -0.05) is 18.7 Å². The Morgan fingerprint density at radius 1 is 1.29 bits per heavy atom. The fourth-order valence-corrected chi connectivity index (χ4v) is 5.84. The highest BCUT2D eigenvalue weighted by molar-refractivity contribution is 7.92. The monoisotopic (exact) mass is 477 g/mol. The van der Waals surface area contributed by atoms with Gasteiger partial charge in [0.25, 0.3) is 5.92 Å². The molecule has 1 amide bonds. The van der Waals surface area contributed by atoms with Crippen molar-refractivity contribution in [3.05, 3.63) is 41.8 Å². The average molecular weight is 478 g/mol. The third kappa shape index (κ3) is 5.48. The number of hydrogen-bond donors (Lipinski definition) is 2. The number of carbonyl (C=O) groups is 1. The Balaban J connectivity index is 1.67. The lowest BCUT2D eigenvalue weighted by atomic mass is 9.93. The van der Waals surface area contributed by atoms with E-state index in [0.717, 1.165) is 5.41 Å². The summed E-state index contributed by atoms with van der Waals surface area (Å²) in [5.74, 6) is -5.49. The second-order valence-electron chi connectivity index (χ2n) is 8.00. The van der Waals surface area contributed by atoms with E-state index in [4.69, 9.17) is 5.73 Å². The van der Waals surface area contributed by atoms with Crippen LogP contribution in [0.4, 0.5) is 8.78 Å². The van der Waals surface area contributed by atoms with Crippen LogP contribution in [-0.4, -0.2) is 52.6 Å². The molecule has 2 unspecified atom stereocenters. The number of alkyl halides is 2. The van der Waals surface area contributed by atoms with Crippen molar-refractivity contribution >= 4 is 26.0 Å². The van der Waals surface area contributed by atoms with Gasteiger partial charge in [0.15, 0.2) is 0 Å². The number of halogens is 2. The number of carbonyl (C=O) groups excluding carboxylic acids is 1. The number of primary amides is 1. The van der Waals surface area contributed by atoms with Crippen molar-refractivity contribution in [2.45, 2.75) is 36.0 Å². The minimum atomic E-state index is -3.82. The molecular weight excluding hydrogens is 452 g/mol. The van der Waals surface area contributed by atoms with Gasteiger partial charge < -0.3 is 5.73 Å². The van der Waals surface area contributed by atoms with Crippen LogP contribution in [0.25, 0.3) is 0 Å². The first-order valence-electron chi connectivity index (χ1n) is 9.75. The zero-order valence-electron chi connectivity index (χ0n) is 16.7. The summed E-state index contributed by atoms with van der Waals surface area (Å²) in [5.41, 5.74) is 5.77. The molecule has 1 saturated carbocycles. The van der Waals surface area contributed by atoms with E-state index in [1.165, 1.54) is 28.6 Å². The van der Waals surface area contributed by atoms with Gasteiger partial charge in [-0.25, -0.2) is 30.3 Å². The first-order chi connectivity index (χ1) is 14.4. The van der Waals surface area contributed by atoms with E-state index in [2.05, 4.69) is 11.3 Å². The lowest BCUT2D eigenvalue weighted by Crippen LogP contribution is -2.32. The van der Waals surface area contributed by atoms with Gasteiger partial charge in [0.2, 0.25) is 26.0 Å². The largest absolute Gasteiger partial charge is 0.369 e. The molecule has 1 aromatic carbocycles. The van der Waals surface area contributed by atoms with Crippen molar-refractivity contribution in [3.8, 4) is 0 Å². The molecule has 8 nitrogen and oxygen atoms in total. The highest BCUT2D eigenvalue weighted by atomic mass is 32.2. The summed E-state index contributed by atoms with van der Waals surface area (Å²) in [5, 5.41) is 0.793. The summed E-state index contributed by atoms with van der Waals surface area (Å²) in [7, 11) is -7.41. The molecule has 3 N–H and O–H groups in total. The number of amides is 1. The molecule has 0 aromatic heterocycles. The number of nitrogens with one attached hydrogen (secondary N) is 1. The number of nitrogens with two attached hydrogens (primary N) is 1. The predicted molar refractivity (Wildman–Crippen MR) is 110 cm³/mol. The molecule has 12 heteroatoms. The maximum absolute atomic E-state index is 13.2. The SMILES string of the molecule is C=CS(=O)(=O)NC[C@H]1CCN(S(=O)(=O)c2ccc(C(CC3CC3(F)F)C(N)=O)cc2)C1. The van der Waals surface area contributed by atoms with Crippen molar-refractivity contribution in [2.24, 2.45) is 17.6 Å².